The lowest BCUT2D eigenvalue weighted by Gasteiger charge is -2.09. The number of carbonyl (C=O) groups excluding carboxylic acids is 2. The molecule has 0 aliphatic rings. The molecular formula is C20H13ClF2N2O2. The van der Waals surface area contributed by atoms with E-state index < -0.39 is 29.1 Å². The van der Waals surface area contributed by atoms with Crippen LogP contribution in [-0.2, 0) is 0 Å². The van der Waals surface area contributed by atoms with Crippen molar-refractivity contribution in [1.82, 2.24) is 0 Å². The second-order valence-electron chi connectivity index (χ2n) is 5.59. The first kappa shape index (κ1) is 18.5. The third-order valence-electron chi connectivity index (χ3n) is 3.69. The maximum atomic E-state index is 13.7. The molecule has 2 N–H and O–H groups in total. The van der Waals surface area contributed by atoms with Gasteiger partial charge in [0.1, 0.15) is 17.3 Å². The van der Waals surface area contributed by atoms with Crippen molar-refractivity contribution in [3.63, 3.8) is 0 Å². The molecule has 0 fully saturated rings. The molecule has 136 valence electrons. The van der Waals surface area contributed by atoms with E-state index in [1.165, 1.54) is 30.3 Å². The van der Waals surface area contributed by atoms with E-state index in [4.69, 9.17) is 11.6 Å². The summed E-state index contributed by atoms with van der Waals surface area (Å²) in [6, 6.07) is 15.6. The van der Waals surface area contributed by atoms with Crippen LogP contribution in [0.3, 0.4) is 0 Å². The molecule has 3 rings (SSSR count). The number of halogens is 3. The van der Waals surface area contributed by atoms with E-state index in [1.807, 2.05) is 0 Å². The van der Waals surface area contributed by atoms with Crippen molar-refractivity contribution in [3.8, 4) is 0 Å². The number of carbonyl (C=O) groups is 2. The first-order chi connectivity index (χ1) is 12.9. The van der Waals surface area contributed by atoms with Crippen molar-refractivity contribution in [2.45, 2.75) is 0 Å². The lowest BCUT2D eigenvalue weighted by Crippen LogP contribution is -2.16. The van der Waals surface area contributed by atoms with Gasteiger partial charge in [-0.05, 0) is 54.6 Å². The van der Waals surface area contributed by atoms with Gasteiger partial charge < -0.3 is 10.6 Å². The lowest BCUT2D eigenvalue weighted by atomic mass is 10.1. The van der Waals surface area contributed by atoms with Gasteiger partial charge in [0, 0.05) is 21.8 Å². The van der Waals surface area contributed by atoms with Gasteiger partial charge in [-0.2, -0.15) is 0 Å². The Bertz CT molecular complexity index is 987. The third-order valence-corrected chi connectivity index (χ3v) is 3.94. The van der Waals surface area contributed by atoms with Crippen molar-refractivity contribution >= 4 is 34.8 Å². The number of para-hydroxylation sites is 1. The van der Waals surface area contributed by atoms with Crippen LogP contribution in [0, 0.1) is 11.6 Å². The van der Waals surface area contributed by atoms with Crippen molar-refractivity contribution in [1.29, 1.82) is 0 Å². The van der Waals surface area contributed by atoms with Gasteiger partial charge in [0.25, 0.3) is 11.8 Å². The molecule has 3 aromatic carbocycles. The van der Waals surface area contributed by atoms with E-state index in [9.17, 15) is 18.4 Å². The van der Waals surface area contributed by atoms with Crippen LogP contribution in [0.4, 0.5) is 20.2 Å². The van der Waals surface area contributed by atoms with Crippen LogP contribution in [0.25, 0.3) is 0 Å². The van der Waals surface area contributed by atoms with Crippen molar-refractivity contribution < 1.29 is 18.4 Å². The van der Waals surface area contributed by atoms with Gasteiger partial charge in [-0.3, -0.25) is 9.59 Å². The summed E-state index contributed by atoms with van der Waals surface area (Å²) in [5.74, 6) is -2.95. The van der Waals surface area contributed by atoms with Gasteiger partial charge in [0.2, 0.25) is 0 Å². The van der Waals surface area contributed by atoms with Crippen LogP contribution in [0.5, 0.6) is 0 Å². The average Bonchev–Trinajstić information content (AvgIpc) is 2.66. The van der Waals surface area contributed by atoms with Gasteiger partial charge in [0.15, 0.2) is 0 Å². The molecular weight excluding hydrogens is 374 g/mol. The standard InChI is InChI=1S/C20H13ClF2N2O2/c21-14-7-9-15(10-8-14)24-19(26)12-3-1-4-13(11-12)20(27)25-18-16(22)5-2-6-17(18)23/h1-11H,(H,24,26)(H,25,27). The third kappa shape index (κ3) is 4.48. The smallest absolute Gasteiger partial charge is 0.255 e. The lowest BCUT2D eigenvalue weighted by molar-refractivity contribution is 0.102. The molecule has 0 aliphatic heterocycles. The molecule has 3 aromatic rings. The van der Waals surface area contributed by atoms with Crippen LogP contribution < -0.4 is 10.6 Å². The fraction of sp³-hybridized carbons (Fsp3) is 0. The molecule has 0 saturated carbocycles. The summed E-state index contributed by atoms with van der Waals surface area (Å²) >= 11 is 5.80. The van der Waals surface area contributed by atoms with Crippen molar-refractivity contribution in [3.05, 3.63) is 94.5 Å². The fourth-order valence-corrected chi connectivity index (χ4v) is 2.47. The molecule has 27 heavy (non-hydrogen) atoms. The topological polar surface area (TPSA) is 58.2 Å². The molecule has 0 saturated heterocycles. The van der Waals surface area contributed by atoms with Crippen LogP contribution in [-0.4, -0.2) is 11.8 Å². The van der Waals surface area contributed by atoms with Gasteiger partial charge in [0.05, 0.1) is 0 Å². The second kappa shape index (κ2) is 7.97. The van der Waals surface area contributed by atoms with Crippen LogP contribution in [0.15, 0.2) is 66.7 Å². The Balaban J connectivity index is 1.77. The molecule has 0 spiro atoms. The van der Waals surface area contributed by atoms with E-state index in [2.05, 4.69) is 10.6 Å². The maximum absolute atomic E-state index is 13.7. The van der Waals surface area contributed by atoms with Crippen LogP contribution in [0.2, 0.25) is 5.02 Å². The number of rotatable bonds is 4. The van der Waals surface area contributed by atoms with Crippen molar-refractivity contribution in [2.75, 3.05) is 10.6 Å². The fourth-order valence-electron chi connectivity index (χ4n) is 2.34. The molecule has 0 aliphatic carbocycles. The number of hydrogen-bond donors (Lipinski definition) is 2. The molecule has 0 atom stereocenters. The molecule has 0 aromatic heterocycles. The summed E-state index contributed by atoms with van der Waals surface area (Å²) in [6.07, 6.45) is 0. The summed E-state index contributed by atoms with van der Waals surface area (Å²) in [6.45, 7) is 0. The summed E-state index contributed by atoms with van der Waals surface area (Å²) < 4.78 is 27.4. The predicted octanol–water partition coefficient (Wildman–Crippen LogP) is 5.12. The van der Waals surface area contributed by atoms with E-state index >= 15 is 0 Å². The highest BCUT2D eigenvalue weighted by atomic mass is 35.5. The van der Waals surface area contributed by atoms with E-state index in [0.29, 0.717) is 10.7 Å². The Kier molecular flexibility index (Phi) is 5.47. The maximum Gasteiger partial charge on any atom is 0.255 e. The first-order valence-corrected chi connectivity index (χ1v) is 8.24. The van der Waals surface area contributed by atoms with Crippen LogP contribution in [0.1, 0.15) is 20.7 Å². The minimum absolute atomic E-state index is 0.0846. The molecule has 0 bridgehead atoms. The highest BCUT2D eigenvalue weighted by Crippen LogP contribution is 2.20. The zero-order valence-electron chi connectivity index (χ0n) is 13.8. The van der Waals surface area contributed by atoms with Crippen molar-refractivity contribution in [2.24, 2.45) is 0 Å². The van der Waals surface area contributed by atoms with Crippen LogP contribution >= 0.6 is 11.6 Å². The Labute approximate surface area is 158 Å². The molecule has 7 heteroatoms. The number of amides is 2. The SMILES string of the molecule is O=C(Nc1ccc(Cl)cc1)c1cccc(C(=O)Nc2c(F)cccc2F)c1. The second-order valence-corrected chi connectivity index (χ2v) is 6.03. The Hall–Kier alpha value is -3.25. The Morgan fingerprint density at radius 1 is 0.741 bits per heavy atom. The van der Waals surface area contributed by atoms with Gasteiger partial charge in [-0.15, -0.1) is 0 Å². The summed E-state index contributed by atoms with van der Waals surface area (Å²) in [5.41, 5.74) is 0.291. The summed E-state index contributed by atoms with van der Waals surface area (Å²) in [5, 5.41) is 5.39. The summed E-state index contributed by atoms with van der Waals surface area (Å²) in [4.78, 5) is 24.6. The molecule has 0 unspecified atom stereocenters. The van der Waals surface area contributed by atoms with E-state index in [1.54, 1.807) is 24.3 Å². The number of hydrogen-bond acceptors (Lipinski definition) is 2. The summed E-state index contributed by atoms with van der Waals surface area (Å²) in [7, 11) is 0. The Morgan fingerprint density at radius 3 is 1.85 bits per heavy atom. The first-order valence-electron chi connectivity index (χ1n) is 7.86. The highest BCUT2D eigenvalue weighted by molar-refractivity contribution is 6.30. The quantitative estimate of drug-likeness (QED) is 0.653. The average molecular weight is 387 g/mol. The largest absolute Gasteiger partial charge is 0.322 e. The molecule has 2 amide bonds. The number of anilines is 2. The van der Waals surface area contributed by atoms with E-state index in [-0.39, 0.29) is 11.1 Å². The molecule has 0 heterocycles. The molecule has 4 nitrogen and oxygen atoms in total. The zero-order valence-corrected chi connectivity index (χ0v) is 14.6. The Morgan fingerprint density at radius 2 is 1.26 bits per heavy atom. The minimum Gasteiger partial charge on any atom is -0.322 e. The number of benzene rings is 3. The van der Waals surface area contributed by atoms with Gasteiger partial charge in [-0.1, -0.05) is 23.7 Å². The van der Waals surface area contributed by atoms with E-state index in [0.717, 1.165) is 12.1 Å². The number of nitrogens with one attached hydrogen (secondary N) is 2. The zero-order chi connectivity index (χ0) is 19.4. The van der Waals surface area contributed by atoms with Gasteiger partial charge >= 0.3 is 0 Å². The highest BCUT2D eigenvalue weighted by Gasteiger charge is 2.15. The normalized spacial score (nSPS) is 10.3. The minimum atomic E-state index is -0.889. The monoisotopic (exact) mass is 386 g/mol. The van der Waals surface area contributed by atoms with Gasteiger partial charge in [-0.25, -0.2) is 8.78 Å². The molecule has 0 radical (unpaired) electrons. The predicted molar refractivity (Wildman–Crippen MR) is 100 cm³/mol.